The van der Waals surface area contributed by atoms with Crippen molar-refractivity contribution in [3.05, 3.63) is 24.3 Å². The lowest BCUT2D eigenvalue weighted by molar-refractivity contribution is -0.138. The fourth-order valence-corrected chi connectivity index (χ4v) is 1.40. The van der Waals surface area contributed by atoms with Crippen LogP contribution in [0.3, 0.4) is 0 Å². The molecule has 1 aromatic rings. The van der Waals surface area contributed by atoms with E-state index in [0.29, 0.717) is 0 Å². The Labute approximate surface area is 105 Å². The zero-order chi connectivity index (χ0) is 13.8. The minimum Gasteiger partial charge on any atom is -0.481 e. The molecule has 0 aliphatic rings. The van der Waals surface area contributed by atoms with E-state index in [4.69, 9.17) is 5.11 Å². The van der Waals surface area contributed by atoms with Crippen LogP contribution in [0, 0.1) is 5.41 Å². The van der Waals surface area contributed by atoms with Gasteiger partial charge in [-0.25, -0.2) is 4.98 Å². The van der Waals surface area contributed by atoms with E-state index in [1.54, 1.807) is 0 Å². The lowest BCUT2D eigenvalue weighted by atomic mass is 9.84. The lowest BCUT2D eigenvalue weighted by Gasteiger charge is -2.30. The molecule has 1 aromatic heterocycles. The molecular formula is C12H17N3O3. The predicted molar refractivity (Wildman–Crippen MR) is 65.0 cm³/mol. The van der Waals surface area contributed by atoms with E-state index in [1.807, 2.05) is 20.8 Å². The molecule has 1 atom stereocenters. The topological polar surface area (TPSA) is 92.2 Å². The number of nitrogens with zero attached hydrogens (tertiary/aromatic N) is 2. The van der Waals surface area contributed by atoms with Gasteiger partial charge in [0.15, 0.2) is 0 Å². The largest absolute Gasteiger partial charge is 0.481 e. The van der Waals surface area contributed by atoms with Crippen molar-refractivity contribution >= 4 is 11.9 Å². The van der Waals surface area contributed by atoms with Crippen LogP contribution in [-0.2, 0) is 4.79 Å². The third kappa shape index (κ3) is 4.12. The normalized spacial score (nSPS) is 12.8. The van der Waals surface area contributed by atoms with Gasteiger partial charge in [0.2, 0.25) is 0 Å². The predicted octanol–water partition coefficient (Wildman–Crippen LogP) is 1.10. The second-order valence-electron chi connectivity index (χ2n) is 5.08. The SMILES string of the molecule is CC(C)(C)C(CC(=O)O)NC(=O)c1cnccn1. The number of rotatable bonds is 4. The number of carboxylic acid groups (broad SMARTS) is 1. The molecule has 0 saturated heterocycles. The molecule has 0 saturated carbocycles. The number of carbonyl (C=O) groups excluding carboxylic acids is 1. The molecule has 98 valence electrons. The Morgan fingerprint density at radius 1 is 1.39 bits per heavy atom. The van der Waals surface area contributed by atoms with Crippen molar-refractivity contribution in [1.82, 2.24) is 15.3 Å². The van der Waals surface area contributed by atoms with Crippen molar-refractivity contribution in [2.45, 2.75) is 33.2 Å². The summed E-state index contributed by atoms with van der Waals surface area (Å²) in [5, 5.41) is 11.5. The lowest BCUT2D eigenvalue weighted by Crippen LogP contribution is -2.45. The van der Waals surface area contributed by atoms with Crippen LogP contribution in [0.15, 0.2) is 18.6 Å². The van der Waals surface area contributed by atoms with Crippen LogP contribution in [0.5, 0.6) is 0 Å². The molecule has 0 bridgehead atoms. The highest BCUT2D eigenvalue weighted by Crippen LogP contribution is 2.22. The average molecular weight is 251 g/mol. The van der Waals surface area contributed by atoms with Gasteiger partial charge in [-0.3, -0.25) is 14.6 Å². The first kappa shape index (κ1) is 14.1. The van der Waals surface area contributed by atoms with Gasteiger partial charge in [-0.05, 0) is 5.41 Å². The van der Waals surface area contributed by atoms with Crippen molar-refractivity contribution in [3.8, 4) is 0 Å². The molecule has 0 aliphatic heterocycles. The summed E-state index contributed by atoms with van der Waals surface area (Å²) >= 11 is 0. The van der Waals surface area contributed by atoms with Crippen LogP contribution in [0.4, 0.5) is 0 Å². The van der Waals surface area contributed by atoms with Gasteiger partial charge in [0, 0.05) is 18.4 Å². The van der Waals surface area contributed by atoms with Crippen molar-refractivity contribution < 1.29 is 14.7 Å². The van der Waals surface area contributed by atoms with Crippen molar-refractivity contribution in [2.75, 3.05) is 0 Å². The summed E-state index contributed by atoms with van der Waals surface area (Å²) in [6.45, 7) is 5.62. The van der Waals surface area contributed by atoms with E-state index in [9.17, 15) is 9.59 Å². The first-order valence-electron chi connectivity index (χ1n) is 5.59. The summed E-state index contributed by atoms with van der Waals surface area (Å²) in [5.74, 6) is -1.36. The maximum absolute atomic E-state index is 11.9. The first-order chi connectivity index (χ1) is 8.30. The average Bonchev–Trinajstić information content (AvgIpc) is 2.27. The standard InChI is InChI=1S/C12H17N3O3/c1-12(2,3)9(6-10(16)17)15-11(18)8-7-13-4-5-14-8/h4-5,7,9H,6H2,1-3H3,(H,15,18)(H,16,17). The monoisotopic (exact) mass is 251 g/mol. The number of aromatic nitrogens is 2. The molecule has 0 aliphatic carbocycles. The van der Waals surface area contributed by atoms with Crippen molar-refractivity contribution in [3.63, 3.8) is 0 Å². The third-order valence-corrected chi connectivity index (χ3v) is 2.53. The number of carboxylic acids is 1. The zero-order valence-electron chi connectivity index (χ0n) is 10.7. The molecule has 0 fully saturated rings. The van der Waals surface area contributed by atoms with E-state index in [0.717, 1.165) is 0 Å². The Bertz CT molecular complexity index is 426. The minimum absolute atomic E-state index is 0.129. The van der Waals surface area contributed by atoms with Gasteiger partial charge in [-0.1, -0.05) is 20.8 Å². The fourth-order valence-electron chi connectivity index (χ4n) is 1.40. The summed E-state index contributed by atoms with van der Waals surface area (Å²) in [4.78, 5) is 30.3. The minimum atomic E-state index is -0.950. The second kappa shape index (κ2) is 5.57. The van der Waals surface area contributed by atoms with E-state index in [-0.39, 0.29) is 17.5 Å². The Hall–Kier alpha value is -1.98. The smallest absolute Gasteiger partial charge is 0.305 e. The molecule has 1 rings (SSSR count). The van der Waals surface area contributed by atoms with E-state index >= 15 is 0 Å². The summed E-state index contributed by atoms with van der Waals surface area (Å²) in [7, 11) is 0. The molecule has 0 spiro atoms. The second-order valence-corrected chi connectivity index (χ2v) is 5.08. The van der Waals surface area contributed by atoms with Gasteiger partial charge in [0.05, 0.1) is 12.6 Å². The van der Waals surface area contributed by atoms with Crippen LogP contribution in [0.2, 0.25) is 0 Å². The molecule has 1 amide bonds. The molecule has 6 nitrogen and oxygen atoms in total. The number of aliphatic carboxylic acids is 1. The number of nitrogens with one attached hydrogen (secondary N) is 1. The summed E-state index contributed by atoms with van der Waals surface area (Å²) in [5.41, 5.74) is -0.173. The van der Waals surface area contributed by atoms with Gasteiger partial charge in [-0.15, -0.1) is 0 Å². The third-order valence-electron chi connectivity index (χ3n) is 2.53. The fraction of sp³-hybridized carbons (Fsp3) is 0.500. The molecule has 1 unspecified atom stereocenters. The van der Waals surface area contributed by atoms with Gasteiger partial charge in [-0.2, -0.15) is 0 Å². The van der Waals surface area contributed by atoms with Crippen LogP contribution < -0.4 is 5.32 Å². The van der Waals surface area contributed by atoms with Crippen LogP contribution in [0.1, 0.15) is 37.7 Å². The molecule has 0 radical (unpaired) electrons. The zero-order valence-corrected chi connectivity index (χ0v) is 10.7. The van der Waals surface area contributed by atoms with Gasteiger partial charge in [0.25, 0.3) is 5.91 Å². The van der Waals surface area contributed by atoms with Crippen molar-refractivity contribution in [2.24, 2.45) is 5.41 Å². The molecular weight excluding hydrogens is 234 g/mol. The Balaban J connectivity index is 2.78. The Kier molecular flexibility index (Phi) is 4.36. The van der Waals surface area contributed by atoms with Crippen LogP contribution in [-0.4, -0.2) is 33.0 Å². The first-order valence-corrected chi connectivity index (χ1v) is 5.59. The molecule has 1 heterocycles. The van der Waals surface area contributed by atoms with Gasteiger partial charge < -0.3 is 10.4 Å². The maximum atomic E-state index is 11.9. The number of carbonyl (C=O) groups is 2. The molecule has 6 heteroatoms. The van der Waals surface area contributed by atoms with Crippen LogP contribution in [0.25, 0.3) is 0 Å². The highest BCUT2D eigenvalue weighted by Gasteiger charge is 2.29. The molecule has 0 aromatic carbocycles. The molecule has 2 N–H and O–H groups in total. The highest BCUT2D eigenvalue weighted by atomic mass is 16.4. The summed E-state index contributed by atoms with van der Waals surface area (Å²) in [6, 6.07) is -0.468. The number of hydrogen-bond acceptors (Lipinski definition) is 4. The van der Waals surface area contributed by atoms with E-state index in [2.05, 4.69) is 15.3 Å². The van der Waals surface area contributed by atoms with Crippen LogP contribution >= 0.6 is 0 Å². The van der Waals surface area contributed by atoms with Crippen molar-refractivity contribution in [1.29, 1.82) is 0 Å². The van der Waals surface area contributed by atoms with E-state index in [1.165, 1.54) is 18.6 Å². The molecule has 18 heavy (non-hydrogen) atoms. The highest BCUT2D eigenvalue weighted by molar-refractivity contribution is 5.92. The van der Waals surface area contributed by atoms with Gasteiger partial charge >= 0.3 is 5.97 Å². The summed E-state index contributed by atoms with van der Waals surface area (Å²) < 4.78 is 0. The van der Waals surface area contributed by atoms with Gasteiger partial charge in [0.1, 0.15) is 5.69 Å². The Morgan fingerprint density at radius 2 is 2.06 bits per heavy atom. The van der Waals surface area contributed by atoms with E-state index < -0.39 is 17.9 Å². The number of hydrogen-bond donors (Lipinski definition) is 2. The summed E-state index contributed by atoms with van der Waals surface area (Å²) in [6.07, 6.45) is 4.10. The maximum Gasteiger partial charge on any atom is 0.305 e. The Morgan fingerprint density at radius 3 is 2.50 bits per heavy atom. The quantitative estimate of drug-likeness (QED) is 0.835. The number of amides is 1.